The van der Waals surface area contributed by atoms with Crippen LogP contribution in [0.1, 0.15) is 16.4 Å². The molecule has 3 heterocycles. The molecule has 0 aliphatic heterocycles. The predicted molar refractivity (Wildman–Crippen MR) is 103 cm³/mol. The van der Waals surface area contributed by atoms with Gasteiger partial charge in [-0.3, -0.25) is 9.89 Å². The first-order valence-electron chi connectivity index (χ1n) is 8.46. The number of amides is 1. The topological polar surface area (TPSA) is 99.6 Å². The molecule has 3 aromatic heterocycles. The van der Waals surface area contributed by atoms with E-state index in [1.165, 1.54) is 6.26 Å². The standard InChI is InChI=1S/C20H15N5O2/c1-11-23-19(10-27-11)20(26)24-17-7-12(8-18-15(17)9-22-25-18)13-3-2-4-16-14(13)5-6-21-16/h2-10,21H,1H3,(H,22,25)(H,24,26). The minimum absolute atomic E-state index is 0.238. The number of nitrogens with zero attached hydrogens (tertiary/aromatic N) is 2. The average molecular weight is 357 g/mol. The largest absolute Gasteiger partial charge is 0.448 e. The molecule has 0 radical (unpaired) electrons. The lowest BCUT2D eigenvalue weighted by molar-refractivity contribution is 0.102. The normalized spacial score (nSPS) is 11.3. The van der Waals surface area contributed by atoms with Gasteiger partial charge in [-0.2, -0.15) is 5.10 Å². The molecule has 5 rings (SSSR count). The molecule has 7 heteroatoms. The zero-order valence-electron chi connectivity index (χ0n) is 14.4. The molecule has 0 aliphatic carbocycles. The van der Waals surface area contributed by atoms with E-state index in [2.05, 4.69) is 31.5 Å². The molecule has 0 aliphatic rings. The Morgan fingerprint density at radius 1 is 1.15 bits per heavy atom. The monoisotopic (exact) mass is 357 g/mol. The van der Waals surface area contributed by atoms with Crippen LogP contribution < -0.4 is 5.32 Å². The molecule has 0 saturated heterocycles. The molecule has 3 N–H and O–H groups in total. The van der Waals surface area contributed by atoms with Crippen LogP contribution in [-0.2, 0) is 0 Å². The molecule has 27 heavy (non-hydrogen) atoms. The molecule has 0 fully saturated rings. The Labute approximate surface area is 153 Å². The Kier molecular flexibility index (Phi) is 3.33. The van der Waals surface area contributed by atoms with Crippen molar-refractivity contribution in [3.63, 3.8) is 0 Å². The fraction of sp³-hybridized carbons (Fsp3) is 0.0500. The third kappa shape index (κ3) is 2.56. The summed E-state index contributed by atoms with van der Waals surface area (Å²) in [5, 5.41) is 12.0. The van der Waals surface area contributed by atoms with Gasteiger partial charge in [0.25, 0.3) is 5.91 Å². The van der Waals surface area contributed by atoms with Gasteiger partial charge in [-0.25, -0.2) is 4.98 Å². The number of aromatic amines is 2. The summed E-state index contributed by atoms with van der Waals surface area (Å²) >= 11 is 0. The second kappa shape index (κ2) is 5.84. The third-order valence-corrected chi connectivity index (χ3v) is 4.56. The summed E-state index contributed by atoms with van der Waals surface area (Å²) in [4.78, 5) is 19.8. The van der Waals surface area contributed by atoms with E-state index in [1.807, 2.05) is 36.5 Å². The second-order valence-electron chi connectivity index (χ2n) is 6.31. The number of H-pyrrole nitrogens is 2. The van der Waals surface area contributed by atoms with Crippen molar-refractivity contribution in [3.8, 4) is 11.1 Å². The maximum Gasteiger partial charge on any atom is 0.277 e. The van der Waals surface area contributed by atoms with Crippen LogP contribution in [0.15, 0.2) is 59.5 Å². The highest BCUT2D eigenvalue weighted by molar-refractivity contribution is 6.09. The highest BCUT2D eigenvalue weighted by Gasteiger charge is 2.15. The fourth-order valence-corrected chi connectivity index (χ4v) is 3.30. The summed E-state index contributed by atoms with van der Waals surface area (Å²) in [7, 11) is 0. The summed E-state index contributed by atoms with van der Waals surface area (Å²) in [5.41, 5.74) is 4.84. The van der Waals surface area contributed by atoms with Crippen molar-refractivity contribution < 1.29 is 9.21 Å². The first kappa shape index (κ1) is 15.4. The van der Waals surface area contributed by atoms with Crippen LogP contribution in [-0.4, -0.2) is 26.1 Å². The predicted octanol–water partition coefficient (Wildman–Crippen LogP) is 4.26. The summed E-state index contributed by atoms with van der Waals surface area (Å²) in [6.45, 7) is 1.70. The van der Waals surface area contributed by atoms with Crippen molar-refractivity contribution in [2.75, 3.05) is 5.32 Å². The van der Waals surface area contributed by atoms with Crippen LogP contribution in [0.3, 0.4) is 0 Å². The number of hydrogen-bond acceptors (Lipinski definition) is 4. The maximum atomic E-state index is 12.5. The number of fused-ring (bicyclic) bond motifs is 2. The van der Waals surface area contributed by atoms with Crippen molar-refractivity contribution in [2.24, 2.45) is 0 Å². The number of carbonyl (C=O) groups is 1. The van der Waals surface area contributed by atoms with Gasteiger partial charge in [0.15, 0.2) is 11.6 Å². The second-order valence-corrected chi connectivity index (χ2v) is 6.31. The molecule has 7 nitrogen and oxygen atoms in total. The van der Waals surface area contributed by atoms with E-state index in [1.54, 1.807) is 13.1 Å². The molecular weight excluding hydrogens is 342 g/mol. The summed E-state index contributed by atoms with van der Waals surface area (Å²) < 4.78 is 5.13. The van der Waals surface area contributed by atoms with Gasteiger partial charge in [0.05, 0.1) is 17.4 Å². The highest BCUT2D eigenvalue weighted by Crippen LogP contribution is 2.34. The van der Waals surface area contributed by atoms with Crippen LogP contribution in [0.5, 0.6) is 0 Å². The zero-order chi connectivity index (χ0) is 18.4. The van der Waals surface area contributed by atoms with Crippen LogP contribution >= 0.6 is 0 Å². The van der Waals surface area contributed by atoms with E-state index in [4.69, 9.17) is 4.42 Å². The number of anilines is 1. The number of hydrogen-bond donors (Lipinski definition) is 3. The number of oxazole rings is 1. The minimum atomic E-state index is -0.327. The number of aryl methyl sites for hydroxylation is 1. The molecule has 0 atom stereocenters. The fourth-order valence-electron chi connectivity index (χ4n) is 3.30. The first-order chi connectivity index (χ1) is 13.2. The Morgan fingerprint density at radius 3 is 2.93 bits per heavy atom. The number of benzene rings is 2. The van der Waals surface area contributed by atoms with Crippen molar-refractivity contribution >= 4 is 33.4 Å². The average Bonchev–Trinajstić information content (AvgIpc) is 3.41. The van der Waals surface area contributed by atoms with Crippen molar-refractivity contribution in [1.82, 2.24) is 20.2 Å². The molecular formula is C20H15N5O2. The highest BCUT2D eigenvalue weighted by atomic mass is 16.3. The van der Waals surface area contributed by atoms with Gasteiger partial charge < -0.3 is 14.7 Å². The lowest BCUT2D eigenvalue weighted by atomic mass is 9.99. The summed E-state index contributed by atoms with van der Waals surface area (Å²) in [6.07, 6.45) is 4.96. The van der Waals surface area contributed by atoms with Crippen LogP contribution in [0, 0.1) is 6.92 Å². The van der Waals surface area contributed by atoms with Gasteiger partial charge in [0, 0.05) is 29.4 Å². The van der Waals surface area contributed by atoms with E-state index in [0.29, 0.717) is 11.6 Å². The summed E-state index contributed by atoms with van der Waals surface area (Å²) in [5.74, 6) is 0.118. The lowest BCUT2D eigenvalue weighted by Crippen LogP contribution is -2.12. The van der Waals surface area contributed by atoms with E-state index in [9.17, 15) is 4.79 Å². The Bertz CT molecular complexity index is 1290. The molecule has 0 bridgehead atoms. The van der Waals surface area contributed by atoms with Crippen LogP contribution in [0.4, 0.5) is 5.69 Å². The Morgan fingerprint density at radius 2 is 2.07 bits per heavy atom. The smallest absolute Gasteiger partial charge is 0.277 e. The first-order valence-corrected chi connectivity index (χ1v) is 8.46. The minimum Gasteiger partial charge on any atom is -0.448 e. The number of nitrogens with one attached hydrogen (secondary N) is 3. The zero-order valence-corrected chi connectivity index (χ0v) is 14.4. The number of carbonyl (C=O) groups excluding carboxylic acids is 1. The van der Waals surface area contributed by atoms with E-state index < -0.39 is 0 Å². The molecule has 5 aromatic rings. The van der Waals surface area contributed by atoms with Crippen LogP contribution in [0.2, 0.25) is 0 Å². The SMILES string of the molecule is Cc1nc(C(=O)Nc2cc(-c3cccc4[nH]ccc34)cc3[nH]ncc23)co1. The number of aromatic nitrogens is 4. The van der Waals surface area contributed by atoms with Gasteiger partial charge >= 0.3 is 0 Å². The maximum absolute atomic E-state index is 12.5. The van der Waals surface area contributed by atoms with Gasteiger partial charge in [-0.1, -0.05) is 12.1 Å². The van der Waals surface area contributed by atoms with E-state index in [-0.39, 0.29) is 11.6 Å². The van der Waals surface area contributed by atoms with Crippen molar-refractivity contribution in [1.29, 1.82) is 0 Å². The molecule has 0 spiro atoms. The lowest BCUT2D eigenvalue weighted by Gasteiger charge is -2.10. The van der Waals surface area contributed by atoms with Crippen molar-refractivity contribution in [2.45, 2.75) is 6.92 Å². The van der Waals surface area contributed by atoms with Gasteiger partial charge in [0.1, 0.15) is 6.26 Å². The van der Waals surface area contributed by atoms with Gasteiger partial charge in [-0.15, -0.1) is 0 Å². The van der Waals surface area contributed by atoms with E-state index >= 15 is 0 Å². The van der Waals surface area contributed by atoms with Gasteiger partial charge in [-0.05, 0) is 35.4 Å². The van der Waals surface area contributed by atoms with E-state index in [0.717, 1.165) is 32.9 Å². The molecule has 0 saturated carbocycles. The molecule has 132 valence electrons. The molecule has 0 unspecified atom stereocenters. The quantitative estimate of drug-likeness (QED) is 0.449. The molecule has 2 aromatic carbocycles. The Hall–Kier alpha value is -3.87. The van der Waals surface area contributed by atoms with Crippen molar-refractivity contribution in [3.05, 3.63) is 66.6 Å². The summed E-state index contributed by atoms with van der Waals surface area (Å²) in [6, 6.07) is 12.1. The van der Waals surface area contributed by atoms with Crippen LogP contribution in [0.25, 0.3) is 32.9 Å². The Balaban J connectivity index is 1.63. The third-order valence-electron chi connectivity index (χ3n) is 4.56. The number of rotatable bonds is 3. The molecule has 1 amide bonds. The van der Waals surface area contributed by atoms with Gasteiger partial charge in [0.2, 0.25) is 0 Å².